The van der Waals surface area contributed by atoms with Crippen molar-refractivity contribution in [3.05, 3.63) is 53.6 Å². The molecular weight excluding hydrogens is 511 g/mol. The topological polar surface area (TPSA) is 122 Å². The Kier molecular flexibility index (Phi) is 11.0. The van der Waals surface area contributed by atoms with Crippen LogP contribution in [-0.2, 0) is 30.2 Å². The van der Waals surface area contributed by atoms with Crippen molar-refractivity contribution in [3.63, 3.8) is 0 Å². The van der Waals surface area contributed by atoms with Gasteiger partial charge in [-0.15, -0.1) is 0 Å². The lowest BCUT2D eigenvalue weighted by molar-refractivity contribution is -0.154. The highest BCUT2D eigenvalue weighted by atomic mass is 19.1. The molecule has 1 N–H and O–H groups in total. The van der Waals surface area contributed by atoms with E-state index in [0.29, 0.717) is 13.0 Å². The molecule has 0 radical (unpaired) electrons. The summed E-state index contributed by atoms with van der Waals surface area (Å²) in [4.78, 5) is 41.5. The average Bonchev–Trinajstić information content (AvgIpc) is 2.95. The molecule has 10 nitrogen and oxygen atoms in total. The first-order valence-corrected chi connectivity index (χ1v) is 12.9. The lowest BCUT2D eigenvalue weighted by Gasteiger charge is -2.30. The fourth-order valence-corrected chi connectivity index (χ4v) is 4.55. The number of pyridine rings is 1. The molecule has 0 unspecified atom stereocenters. The minimum absolute atomic E-state index is 0.0492. The molecule has 0 saturated carbocycles. The molecule has 39 heavy (non-hydrogen) atoms. The van der Waals surface area contributed by atoms with E-state index in [4.69, 9.17) is 23.7 Å². The van der Waals surface area contributed by atoms with E-state index in [1.165, 1.54) is 38.4 Å². The number of ether oxygens (including phenoxy) is 5. The second-order valence-corrected chi connectivity index (χ2v) is 9.34. The van der Waals surface area contributed by atoms with Crippen molar-refractivity contribution in [3.8, 4) is 11.5 Å². The van der Waals surface area contributed by atoms with E-state index in [1.807, 2.05) is 6.92 Å². The van der Waals surface area contributed by atoms with Crippen molar-refractivity contribution in [2.45, 2.75) is 52.2 Å². The van der Waals surface area contributed by atoms with Crippen molar-refractivity contribution in [1.82, 2.24) is 10.3 Å². The SMILES string of the molecule is CCC[C@H]1COC[C@H](NC(=O)c2nccc(OC)c2OCOC(C)=O)C(=O)O[C@@H](C)[C@@H]1Cc1ccc(F)cc1. The maximum absolute atomic E-state index is 13.4. The monoisotopic (exact) mass is 546 g/mol. The van der Waals surface area contributed by atoms with Gasteiger partial charge in [0.2, 0.25) is 6.79 Å². The quantitative estimate of drug-likeness (QED) is 0.353. The molecule has 0 aliphatic carbocycles. The van der Waals surface area contributed by atoms with Crippen LogP contribution in [0.15, 0.2) is 36.5 Å². The summed E-state index contributed by atoms with van der Waals surface area (Å²) in [7, 11) is 1.38. The Morgan fingerprint density at radius 1 is 1.18 bits per heavy atom. The number of amides is 1. The van der Waals surface area contributed by atoms with Gasteiger partial charge in [-0.1, -0.05) is 25.5 Å². The number of methoxy groups -OCH3 is 1. The van der Waals surface area contributed by atoms with Crippen molar-refractivity contribution < 1.29 is 42.5 Å². The number of cyclic esters (lactones) is 1. The molecule has 1 aromatic heterocycles. The number of benzene rings is 1. The van der Waals surface area contributed by atoms with Gasteiger partial charge >= 0.3 is 11.9 Å². The highest BCUT2D eigenvalue weighted by molar-refractivity contribution is 5.98. The molecule has 1 saturated heterocycles. The number of rotatable bonds is 10. The van der Waals surface area contributed by atoms with E-state index < -0.39 is 36.8 Å². The Balaban J connectivity index is 1.77. The van der Waals surface area contributed by atoms with Crippen LogP contribution in [-0.4, -0.2) is 62.1 Å². The van der Waals surface area contributed by atoms with Gasteiger partial charge in [0.15, 0.2) is 23.2 Å². The zero-order valence-electron chi connectivity index (χ0n) is 22.6. The van der Waals surface area contributed by atoms with Gasteiger partial charge in [-0.3, -0.25) is 9.59 Å². The first-order valence-electron chi connectivity index (χ1n) is 12.9. The van der Waals surface area contributed by atoms with Gasteiger partial charge < -0.3 is 29.0 Å². The summed E-state index contributed by atoms with van der Waals surface area (Å²) >= 11 is 0. The number of carbonyl (C=O) groups excluding carboxylic acids is 3. The largest absolute Gasteiger partial charge is 0.493 e. The van der Waals surface area contributed by atoms with Gasteiger partial charge in [-0.05, 0) is 43.4 Å². The first kappa shape index (κ1) is 29.8. The summed E-state index contributed by atoms with van der Waals surface area (Å²) in [6.07, 6.45) is 3.20. The third kappa shape index (κ3) is 8.38. The van der Waals surface area contributed by atoms with Crippen LogP contribution in [0.5, 0.6) is 11.5 Å². The molecule has 4 atom stereocenters. The molecule has 1 aromatic carbocycles. The Morgan fingerprint density at radius 2 is 1.92 bits per heavy atom. The molecule has 1 amide bonds. The number of esters is 2. The normalized spacial score (nSPS) is 21.5. The Labute approximate surface area is 227 Å². The predicted octanol–water partition coefficient (Wildman–Crippen LogP) is 3.46. The fraction of sp³-hybridized carbons (Fsp3) is 0.500. The maximum atomic E-state index is 13.4. The molecule has 212 valence electrons. The number of hydrogen-bond donors (Lipinski definition) is 1. The zero-order chi connectivity index (χ0) is 28.4. The van der Waals surface area contributed by atoms with Crippen molar-refractivity contribution in [2.75, 3.05) is 27.1 Å². The summed E-state index contributed by atoms with van der Waals surface area (Å²) in [6, 6.07) is 6.65. The van der Waals surface area contributed by atoms with Crippen LogP contribution >= 0.6 is 0 Å². The highest BCUT2D eigenvalue weighted by Gasteiger charge is 2.35. The summed E-state index contributed by atoms with van der Waals surface area (Å²) < 4.78 is 40.7. The van der Waals surface area contributed by atoms with E-state index in [9.17, 15) is 18.8 Å². The van der Waals surface area contributed by atoms with Crippen molar-refractivity contribution in [1.29, 1.82) is 0 Å². The van der Waals surface area contributed by atoms with Crippen LogP contribution in [0.1, 0.15) is 49.7 Å². The molecule has 2 heterocycles. The van der Waals surface area contributed by atoms with Gasteiger partial charge in [0, 0.05) is 31.7 Å². The molecule has 11 heteroatoms. The van der Waals surface area contributed by atoms with Crippen LogP contribution in [0.4, 0.5) is 4.39 Å². The predicted molar refractivity (Wildman–Crippen MR) is 138 cm³/mol. The molecular formula is C28H35FN2O8. The number of nitrogens with one attached hydrogen (secondary N) is 1. The maximum Gasteiger partial charge on any atom is 0.331 e. The second-order valence-electron chi connectivity index (χ2n) is 9.34. The third-order valence-electron chi connectivity index (χ3n) is 6.53. The van der Waals surface area contributed by atoms with Gasteiger partial charge in [0.25, 0.3) is 5.91 Å². The van der Waals surface area contributed by atoms with Crippen LogP contribution in [0.3, 0.4) is 0 Å². The number of aromatic nitrogens is 1. The summed E-state index contributed by atoms with van der Waals surface area (Å²) in [5.41, 5.74) is 0.764. The average molecular weight is 547 g/mol. The summed E-state index contributed by atoms with van der Waals surface area (Å²) in [6.45, 7) is 4.91. The molecule has 0 spiro atoms. The number of halogens is 1. The minimum Gasteiger partial charge on any atom is -0.493 e. The lowest BCUT2D eigenvalue weighted by atomic mass is 9.81. The molecule has 0 bridgehead atoms. The fourth-order valence-electron chi connectivity index (χ4n) is 4.55. The van der Waals surface area contributed by atoms with Crippen LogP contribution < -0.4 is 14.8 Å². The van der Waals surface area contributed by atoms with E-state index in [1.54, 1.807) is 12.1 Å². The first-order chi connectivity index (χ1) is 18.7. The van der Waals surface area contributed by atoms with Gasteiger partial charge in [0.1, 0.15) is 11.9 Å². The van der Waals surface area contributed by atoms with E-state index in [2.05, 4.69) is 17.2 Å². The Morgan fingerprint density at radius 3 is 2.59 bits per heavy atom. The highest BCUT2D eigenvalue weighted by Crippen LogP contribution is 2.31. The summed E-state index contributed by atoms with van der Waals surface area (Å²) in [5, 5.41) is 2.62. The van der Waals surface area contributed by atoms with E-state index >= 15 is 0 Å². The Bertz CT molecular complexity index is 1130. The van der Waals surface area contributed by atoms with Gasteiger partial charge in [-0.25, -0.2) is 14.2 Å². The molecule has 3 rings (SSSR count). The second kappa shape index (κ2) is 14.4. The summed E-state index contributed by atoms with van der Waals surface area (Å²) in [5.74, 6) is -2.11. The number of carbonyl (C=O) groups is 3. The lowest BCUT2D eigenvalue weighted by Crippen LogP contribution is -2.46. The number of hydrogen-bond acceptors (Lipinski definition) is 9. The third-order valence-corrected chi connectivity index (χ3v) is 6.53. The Hall–Kier alpha value is -3.73. The molecule has 1 aliphatic heterocycles. The molecule has 1 aliphatic rings. The standard InChI is InChI=1S/C28H35FN2O8/c1-5-6-20-14-36-15-23(28(34)39-17(2)22(20)13-19-7-9-21(29)10-8-19)31-27(33)25-26(38-16-37-18(3)32)24(35-4)11-12-30-25/h7-12,17,20,22-23H,5-6,13-16H2,1-4H3,(H,31,33)/t17-,20-,22-,23-/m0/s1. The minimum atomic E-state index is -1.11. The van der Waals surface area contributed by atoms with Crippen molar-refractivity contribution in [2.24, 2.45) is 11.8 Å². The van der Waals surface area contributed by atoms with E-state index in [-0.39, 0.29) is 41.5 Å². The van der Waals surface area contributed by atoms with Crippen LogP contribution in [0.2, 0.25) is 0 Å². The van der Waals surface area contributed by atoms with E-state index in [0.717, 1.165) is 18.4 Å². The van der Waals surface area contributed by atoms with Crippen molar-refractivity contribution >= 4 is 17.8 Å². The number of nitrogens with zero attached hydrogens (tertiary/aromatic N) is 1. The van der Waals surface area contributed by atoms with Gasteiger partial charge in [0.05, 0.1) is 13.7 Å². The van der Waals surface area contributed by atoms with Crippen LogP contribution in [0, 0.1) is 17.7 Å². The zero-order valence-corrected chi connectivity index (χ0v) is 22.6. The van der Waals surface area contributed by atoms with Crippen LogP contribution in [0.25, 0.3) is 0 Å². The van der Waals surface area contributed by atoms with Gasteiger partial charge in [-0.2, -0.15) is 0 Å². The smallest absolute Gasteiger partial charge is 0.331 e. The molecule has 1 fully saturated rings. The molecule has 2 aromatic rings.